The summed E-state index contributed by atoms with van der Waals surface area (Å²) in [6.45, 7) is 1.64. The van der Waals surface area contributed by atoms with Gasteiger partial charge < -0.3 is 20.9 Å². The molecule has 1 aromatic carbocycles. The highest BCUT2D eigenvalue weighted by Gasteiger charge is 2.13. The third kappa shape index (κ3) is 6.88. The number of ether oxygens (including phenoxy) is 1. The summed E-state index contributed by atoms with van der Waals surface area (Å²) >= 11 is 0. The maximum atomic E-state index is 11.8. The second kappa shape index (κ2) is 10.8. The number of nitrogens with zero attached hydrogens (tertiary/aromatic N) is 4. The van der Waals surface area contributed by atoms with Crippen molar-refractivity contribution in [2.75, 3.05) is 6.61 Å². The predicted octanol–water partition coefficient (Wildman–Crippen LogP) is 0.945. The van der Waals surface area contributed by atoms with Crippen LogP contribution in [0.5, 0.6) is 0 Å². The third-order valence-corrected chi connectivity index (χ3v) is 3.94. The highest BCUT2D eigenvalue weighted by atomic mass is 16.5. The first kappa shape index (κ1) is 21.8. The smallest absolute Gasteiger partial charge is 0.407 e. The van der Waals surface area contributed by atoms with Crippen molar-refractivity contribution in [1.82, 2.24) is 25.7 Å². The number of nitrogens with two attached hydrogens (primary N) is 1. The van der Waals surface area contributed by atoms with Crippen LogP contribution in [-0.4, -0.2) is 56.0 Å². The van der Waals surface area contributed by atoms with E-state index in [1.165, 1.54) is 6.92 Å². The van der Waals surface area contributed by atoms with E-state index in [1.54, 1.807) is 24.3 Å². The van der Waals surface area contributed by atoms with Crippen LogP contribution in [0.15, 0.2) is 24.3 Å². The summed E-state index contributed by atoms with van der Waals surface area (Å²) in [5.74, 6) is -1.22. The van der Waals surface area contributed by atoms with Gasteiger partial charge in [-0.3, -0.25) is 9.59 Å². The number of benzene rings is 1. The van der Waals surface area contributed by atoms with Crippen LogP contribution in [0.4, 0.5) is 4.79 Å². The zero-order valence-corrected chi connectivity index (χ0v) is 15.9. The molecule has 1 unspecified atom stereocenters. The van der Waals surface area contributed by atoms with Crippen molar-refractivity contribution in [3.63, 3.8) is 0 Å². The van der Waals surface area contributed by atoms with Crippen molar-refractivity contribution >= 4 is 17.8 Å². The topological polar surface area (TPSA) is 170 Å². The number of carboxylic acid groups (broad SMARTS) is 1. The van der Waals surface area contributed by atoms with E-state index < -0.39 is 18.1 Å². The Bertz CT molecular complexity index is 858. The minimum absolute atomic E-state index is 0.0720. The predicted molar refractivity (Wildman–Crippen MR) is 101 cm³/mol. The average molecular weight is 402 g/mol. The molecule has 1 aromatic heterocycles. The summed E-state index contributed by atoms with van der Waals surface area (Å²) in [5, 5.41) is 26.6. The number of ketones is 1. The van der Waals surface area contributed by atoms with Gasteiger partial charge in [0.2, 0.25) is 17.4 Å². The zero-order valence-electron chi connectivity index (χ0n) is 15.9. The molecule has 0 spiro atoms. The summed E-state index contributed by atoms with van der Waals surface area (Å²) in [4.78, 5) is 33.7. The number of nitrogens with one attached hydrogen (secondary N) is 1. The van der Waals surface area contributed by atoms with E-state index in [4.69, 9.17) is 15.6 Å². The number of carbonyl (C=O) groups excluding carboxylic acids is 2. The second-order valence-electron chi connectivity index (χ2n) is 6.19. The molecule has 154 valence electrons. The Labute approximate surface area is 166 Å². The van der Waals surface area contributed by atoms with E-state index in [0.29, 0.717) is 24.8 Å². The van der Waals surface area contributed by atoms with Crippen LogP contribution in [0.1, 0.15) is 42.4 Å². The van der Waals surface area contributed by atoms with E-state index in [9.17, 15) is 14.4 Å². The Balaban J connectivity index is 1.84. The molecule has 1 atom stereocenters. The van der Waals surface area contributed by atoms with Crippen molar-refractivity contribution in [3.8, 4) is 11.4 Å². The van der Waals surface area contributed by atoms with Gasteiger partial charge in [-0.15, -0.1) is 20.4 Å². The molecule has 0 aliphatic rings. The molecule has 0 aliphatic heterocycles. The number of aromatic nitrogens is 4. The molecular weight excluding hydrogens is 380 g/mol. The SMILES string of the molecule is CC(=O)c1nnc(-c2ccccc2CNC(=O)OCCCCC(N)C(=O)O)nn1. The largest absolute Gasteiger partial charge is 0.480 e. The van der Waals surface area contributed by atoms with Crippen molar-refractivity contribution < 1.29 is 24.2 Å². The Morgan fingerprint density at radius 3 is 2.48 bits per heavy atom. The summed E-state index contributed by atoms with van der Waals surface area (Å²) in [7, 11) is 0. The second-order valence-corrected chi connectivity index (χ2v) is 6.19. The summed E-state index contributed by atoms with van der Waals surface area (Å²) < 4.78 is 5.06. The molecule has 1 amide bonds. The first-order valence-electron chi connectivity index (χ1n) is 8.94. The maximum Gasteiger partial charge on any atom is 0.407 e. The highest BCUT2D eigenvalue weighted by Crippen LogP contribution is 2.18. The molecule has 2 rings (SSSR count). The number of carbonyl (C=O) groups is 3. The fourth-order valence-corrected chi connectivity index (χ4v) is 2.34. The molecule has 0 bridgehead atoms. The number of rotatable bonds is 10. The van der Waals surface area contributed by atoms with Gasteiger partial charge in [-0.1, -0.05) is 24.3 Å². The average Bonchev–Trinajstić information content (AvgIpc) is 2.72. The van der Waals surface area contributed by atoms with E-state index in [0.717, 1.165) is 5.56 Å². The lowest BCUT2D eigenvalue weighted by Crippen LogP contribution is -2.30. The number of alkyl carbamates (subject to hydrolysis) is 1. The fraction of sp³-hybridized carbons (Fsp3) is 0.389. The van der Waals surface area contributed by atoms with Gasteiger partial charge in [-0.05, 0) is 24.8 Å². The van der Waals surface area contributed by atoms with Gasteiger partial charge >= 0.3 is 12.1 Å². The van der Waals surface area contributed by atoms with Gasteiger partial charge in [0.25, 0.3) is 0 Å². The number of carboxylic acids is 1. The van der Waals surface area contributed by atoms with Crippen molar-refractivity contribution in [2.45, 2.75) is 38.8 Å². The van der Waals surface area contributed by atoms with Crippen molar-refractivity contribution in [1.29, 1.82) is 0 Å². The zero-order chi connectivity index (χ0) is 21.2. The molecule has 0 saturated heterocycles. The molecule has 29 heavy (non-hydrogen) atoms. The summed E-state index contributed by atoms with van der Waals surface area (Å²) in [6, 6.07) is 6.20. The van der Waals surface area contributed by atoms with Gasteiger partial charge in [0.15, 0.2) is 0 Å². The normalized spacial score (nSPS) is 11.5. The lowest BCUT2D eigenvalue weighted by Gasteiger charge is -2.10. The Morgan fingerprint density at radius 1 is 1.14 bits per heavy atom. The molecule has 2 aromatic rings. The lowest BCUT2D eigenvalue weighted by atomic mass is 10.1. The number of hydrogen-bond donors (Lipinski definition) is 3. The minimum atomic E-state index is -1.05. The van der Waals surface area contributed by atoms with Crippen LogP contribution in [-0.2, 0) is 16.1 Å². The standard InChI is InChI=1S/C18H22N6O5/c1-11(25)15-21-23-16(24-22-15)13-7-3-2-6-12(13)10-20-18(28)29-9-5-4-8-14(19)17(26)27/h2-3,6-7,14H,4-5,8-10,19H2,1H3,(H,20,28)(H,26,27). The number of unbranched alkanes of at least 4 members (excludes halogenated alkanes) is 1. The molecule has 0 aliphatic carbocycles. The van der Waals surface area contributed by atoms with Gasteiger partial charge in [-0.2, -0.15) is 0 Å². The van der Waals surface area contributed by atoms with Crippen LogP contribution < -0.4 is 11.1 Å². The van der Waals surface area contributed by atoms with E-state index in [-0.39, 0.29) is 30.6 Å². The van der Waals surface area contributed by atoms with Crippen LogP contribution >= 0.6 is 0 Å². The summed E-state index contributed by atoms with van der Waals surface area (Å²) in [5.41, 5.74) is 6.74. The number of aliphatic carboxylic acids is 1. The quantitative estimate of drug-likeness (QED) is 0.384. The van der Waals surface area contributed by atoms with Crippen LogP contribution in [0.25, 0.3) is 11.4 Å². The molecule has 11 nitrogen and oxygen atoms in total. The van der Waals surface area contributed by atoms with Gasteiger partial charge in [-0.25, -0.2) is 4.79 Å². The molecule has 1 heterocycles. The van der Waals surface area contributed by atoms with E-state index in [1.807, 2.05) is 0 Å². The Kier molecular flexibility index (Phi) is 8.10. The molecule has 4 N–H and O–H groups in total. The van der Waals surface area contributed by atoms with E-state index in [2.05, 4.69) is 25.7 Å². The molecule has 0 saturated carbocycles. The van der Waals surface area contributed by atoms with Crippen LogP contribution in [0.2, 0.25) is 0 Å². The lowest BCUT2D eigenvalue weighted by molar-refractivity contribution is -0.138. The fourth-order valence-electron chi connectivity index (χ4n) is 2.34. The van der Waals surface area contributed by atoms with E-state index >= 15 is 0 Å². The Hall–Kier alpha value is -3.47. The monoisotopic (exact) mass is 402 g/mol. The first-order valence-corrected chi connectivity index (χ1v) is 8.94. The molecule has 0 radical (unpaired) electrons. The summed E-state index contributed by atoms with van der Waals surface area (Å²) in [6.07, 6.45) is 0.764. The molecule has 0 fully saturated rings. The molecule has 11 heteroatoms. The third-order valence-electron chi connectivity index (χ3n) is 3.94. The van der Waals surface area contributed by atoms with Crippen LogP contribution in [0.3, 0.4) is 0 Å². The van der Waals surface area contributed by atoms with Gasteiger partial charge in [0.05, 0.1) is 6.61 Å². The first-order chi connectivity index (χ1) is 13.9. The van der Waals surface area contributed by atoms with Gasteiger partial charge in [0, 0.05) is 19.0 Å². The maximum absolute atomic E-state index is 11.8. The minimum Gasteiger partial charge on any atom is -0.480 e. The van der Waals surface area contributed by atoms with Gasteiger partial charge in [0.1, 0.15) is 6.04 Å². The van der Waals surface area contributed by atoms with Crippen molar-refractivity contribution in [3.05, 3.63) is 35.7 Å². The molecular formula is C18H22N6O5. The Morgan fingerprint density at radius 2 is 1.83 bits per heavy atom. The van der Waals surface area contributed by atoms with Crippen molar-refractivity contribution in [2.24, 2.45) is 5.73 Å². The van der Waals surface area contributed by atoms with Crippen LogP contribution in [0, 0.1) is 0 Å². The number of hydrogen-bond acceptors (Lipinski definition) is 9. The number of amides is 1. The number of Topliss-reactive ketones (excluding diaryl/α,β-unsaturated/α-hetero) is 1. The highest BCUT2D eigenvalue weighted by molar-refractivity contribution is 5.89.